The van der Waals surface area contributed by atoms with Crippen molar-refractivity contribution in [3.63, 3.8) is 0 Å². The number of esters is 1. The zero-order valence-corrected chi connectivity index (χ0v) is 14.9. The van der Waals surface area contributed by atoms with Crippen molar-refractivity contribution in [1.29, 1.82) is 0 Å². The summed E-state index contributed by atoms with van der Waals surface area (Å²) in [7, 11) is 1.42. The molecule has 0 aromatic carbocycles. The molecule has 0 radical (unpaired) electrons. The molecule has 0 atom stereocenters. The van der Waals surface area contributed by atoms with E-state index in [9.17, 15) is 4.79 Å². The second-order valence-electron chi connectivity index (χ2n) is 5.76. The number of nitrogens with two attached hydrogens (primary N) is 2. The zero-order valence-electron chi connectivity index (χ0n) is 14.9. The van der Waals surface area contributed by atoms with Gasteiger partial charge in [0.15, 0.2) is 0 Å². The molecule has 0 saturated carbocycles. The van der Waals surface area contributed by atoms with E-state index in [2.05, 4.69) is 29.9 Å². The summed E-state index contributed by atoms with van der Waals surface area (Å²) in [5.41, 5.74) is 13.7. The summed E-state index contributed by atoms with van der Waals surface area (Å²) in [5, 5.41) is 0. The van der Waals surface area contributed by atoms with Crippen LogP contribution in [0.1, 0.15) is 71.1 Å². The summed E-state index contributed by atoms with van der Waals surface area (Å²) >= 11 is 0. The van der Waals surface area contributed by atoms with E-state index in [-0.39, 0.29) is 5.97 Å². The first-order valence-corrected chi connectivity index (χ1v) is 8.71. The van der Waals surface area contributed by atoms with E-state index in [0.29, 0.717) is 6.42 Å². The molecular weight excluding hydrogens is 288 g/mol. The number of carbonyl (C=O) groups is 1. The van der Waals surface area contributed by atoms with Gasteiger partial charge in [0.05, 0.1) is 7.11 Å². The van der Waals surface area contributed by atoms with Crippen LogP contribution in [0, 0.1) is 0 Å². The third-order valence-corrected chi connectivity index (χ3v) is 3.56. The minimum atomic E-state index is -0.148. The molecule has 4 nitrogen and oxygen atoms in total. The maximum atomic E-state index is 11.0. The number of carbonyl (C=O) groups excluding carboxylic acids is 1. The topological polar surface area (TPSA) is 78.3 Å². The quantitative estimate of drug-likeness (QED) is 0.301. The fourth-order valence-corrected chi connectivity index (χ4v) is 2.09. The largest absolute Gasteiger partial charge is 0.469 e. The summed E-state index contributed by atoms with van der Waals surface area (Å²) in [6.07, 6.45) is 17.8. The van der Waals surface area contributed by atoms with E-state index >= 15 is 0 Å². The third kappa shape index (κ3) is 15.0. The molecule has 0 rings (SSSR count). The Morgan fingerprint density at radius 3 is 1.91 bits per heavy atom. The Balaban J connectivity index is 3.75. The van der Waals surface area contributed by atoms with E-state index in [0.717, 1.165) is 49.9 Å². The van der Waals surface area contributed by atoms with Gasteiger partial charge in [0.1, 0.15) is 0 Å². The smallest absolute Gasteiger partial charge is 0.305 e. The normalized spacial score (nSPS) is 12.8. The standard InChI is InChI=1S/C19H34N2O2/c1-3-4-5-7-12-17(20)14-10-11-15-18(21)13-8-6-9-16-19(22)23-2/h10-13H,3-9,14-16,20-21H2,1-2H3/b11-10-,17-12+,18-13+. The zero-order chi connectivity index (χ0) is 17.3. The molecule has 0 aliphatic heterocycles. The Bertz CT molecular complexity index is 398. The number of rotatable bonds is 13. The van der Waals surface area contributed by atoms with Gasteiger partial charge in [-0.1, -0.05) is 44.1 Å². The Labute approximate surface area is 141 Å². The number of hydrogen-bond acceptors (Lipinski definition) is 4. The summed E-state index contributed by atoms with van der Waals surface area (Å²) < 4.78 is 4.60. The molecule has 23 heavy (non-hydrogen) atoms. The fourth-order valence-electron chi connectivity index (χ4n) is 2.09. The van der Waals surface area contributed by atoms with Crippen molar-refractivity contribution in [3.8, 4) is 0 Å². The molecular formula is C19H34N2O2. The lowest BCUT2D eigenvalue weighted by Crippen LogP contribution is -1.99. The summed E-state index contributed by atoms with van der Waals surface area (Å²) in [6, 6.07) is 0. The molecule has 0 aliphatic carbocycles. The van der Waals surface area contributed by atoms with E-state index in [1.165, 1.54) is 26.4 Å². The van der Waals surface area contributed by atoms with Crippen LogP contribution in [0.15, 0.2) is 35.7 Å². The van der Waals surface area contributed by atoms with E-state index in [1.807, 2.05) is 6.08 Å². The van der Waals surface area contributed by atoms with Crippen molar-refractivity contribution in [3.05, 3.63) is 35.7 Å². The predicted molar refractivity (Wildman–Crippen MR) is 97.5 cm³/mol. The summed E-state index contributed by atoms with van der Waals surface area (Å²) in [4.78, 5) is 11.0. The van der Waals surface area contributed by atoms with Gasteiger partial charge >= 0.3 is 5.97 Å². The average molecular weight is 322 g/mol. The molecule has 0 aromatic rings. The van der Waals surface area contributed by atoms with Gasteiger partial charge in [-0.05, 0) is 32.1 Å². The molecule has 0 unspecified atom stereocenters. The fraction of sp³-hybridized carbons (Fsp3) is 0.632. The average Bonchev–Trinajstić information content (AvgIpc) is 2.55. The first kappa shape index (κ1) is 21.3. The molecule has 0 fully saturated rings. The maximum absolute atomic E-state index is 11.0. The van der Waals surface area contributed by atoms with Crippen LogP contribution in [0.5, 0.6) is 0 Å². The highest BCUT2D eigenvalue weighted by Crippen LogP contribution is 2.06. The van der Waals surface area contributed by atoms with Gasteiger partial charge in [0.2, 0.25) is 0 Å². The lowest BCUT2D eigenvalue weighted by molar-refractivity contribution is -0.140. The predicted octanol–water partition coefficient (Wildman–Crippen LogP) is 4.32. The van der Waals surface area contributed by atoms with Crippen LogP contribution in [0.3, 0.4) is 0 Å². The van der Waals surface area contributed by atoms with Crippen molar-refractivity contribution < 1.29 is 9.53 Å². The van der Waals surface area contributed by atoms with Crippen LogP contribution in [-0.4, -0.2) is 13.1 Å². The highest BCUT2D eigenvalue weighted by Gasteiger charge is 1.98. The second-order valence-corrected chi connectivity index (χ2v) is 5.76. The molecule has 0 bridgehead atoms. The Kier molecular flexibility index (Phi) is 14.1. The molecule has 0 heterocycles. The molecule has 4 heteroatoms. The maximum Gasteiger partial charge on any atom is 0.305 e. The highest BCUT2D eigenvalue weighted by molar-refractivity contribution is 5.68. The first-order chi connectivity index (χ1) is 11.1. The number of ether oxygens (including phenoxy) is 1. The number of hydrogen-bond donors (Lipinski definition) is 2. The SMILES string of the molecule is CCCCC/C=C(/N)C/C=C\C/C(N)=C\CCCCC(=O)OC. The lowest BCUT2D eigenvalue weighted by Gasteiger charge is -2.00. The Morgan fingerprint density at radius 1 is 0.913 bits per heavy atom. The monoisotopic (exact) mass is 322 g/mol. The molecule has 0 amide bonds. The van der Waals surface area contributed by atoms with Gasteiger partial charge in [-0.25, -0.2) is 0 Å². The Morgan fingerprint density at radius 2 is 1.43 bits per heavy atom. The van der Waals surface area contributed by atoms with E-state index < -0.39 is 0 Å². The van der Waals surface area contributed by atoms with Crippen LogP contribution in [0.25, 0.3) is 0 Å². The van der Waals surface area contributed by atoms with Crippen molar-refractivity contribution >= 4 is 5.97 Å². The number of methoxy groups -OCH3 is 1. The lowest BCUT2D eigenvalue weighted by atomic mass is 10.1. The molecule has 0 spiro atoms. The summed E-state index contributed by atoms with van der Waals surface area (Å²) in [5.74, 6) is -0.148. The molecule has 0 aliphatic rings. The van der Waals surface area contributed by atoms with Crippen molar-refractivity contribution in [2.45, 2.75) is 71.1 Å². The molecule has 4 N–H and O–H groups in total. The Hall–Kier alpha value is -1.71. The van der Waals surface area contributed by atoms with Crippen molar-refractivity contribution in [2.75, 3.05) is 7.11 Å². The van der Waals surface area contributed by atoms with Gasteiger partial charge in [0.25, 0.3) is 0 Å². The van der Waals surface area contributed by atoms with Crippen LogP contribution < -0.4 is 11.5 Å². The van der Waals surface area contributed by atoms with Gasteiger partial charge in [-0.3, -0.25) is 4.79 Å². The number of unbranched alkanes of at least 4 members (excludes halogenated alkanes) is 5. The van der Waals surface area contributed by atoms with Crippen LogP contribution in [0.2, 0.25) is 0 Å². The van der Waals surface area contributed by atoms with Gasteiger partial charge < -0.3 is 16.2 Å². The van der Waals surface area contributed by atoms with Gasteiger partial charge in [-0.2, -0.15) is 0 Å². The van der Waals surface area contributed by atoms with Crippen LogP contribution in [0.4, 0.5) is 0 Å². The third-order valence-electron chi connectivity index (χ3n) is 3.56. The minimum absolute atomic E-state index is 0.148. The minimum Gasteiger partial charge on any atom is -0.469 e. The second kappa shape index (κ2) is 15.2. The van der Waals surface area contributed by atoms with Gasteiger partial charge in [0, 0.05) is 30.7 Å². The molecule has 0 aromatic heterocycles. The summed E-state index contributed by atoms with van der Waals surface area (Å²) in [6.45, 7) is 2.20. The van der Waals surface area contributed by atoms with Crippen molar-refractivity contribution in [1.82, 2.24) is 0 Å². The van der Waals surface area contributed by atoms with Gasteiger partial charge in [-0.15, -0.1) is 0 Å². The van der Waals surface area contributed by atoms with E-state index in [4.69, 9.17) is 11.5 Å². The molecule has 0 saturated heterocycles. The first-order valence-electron chi connectivity index (χ1n) is 8.71. The number of allylic oxidation sites excluding steroid dienone is 4. The van der Waals surface area contributed by atoms with Crippen molar-refractivity contribution in [2.24, 2.45) is 11.5 Å². The molecule has 132 valence electrons. The van der Waals surface area contributed by atoms with E-state index in [1.54, 1.807) is 0 Å². The van der Waals surface area contributed by atoms with Crippen LogP contribution in [-0.2, 0) is 9.53 Å². The highest BCUT2D eigenvalue weighted by atomic mass is 16.5. The van der Waals surface area contributed by atoms with Crippen LogP contribution >= 0.6 is 0 Å².